The minimum absolute atomic E-state index is 0.408. The van der Waals surface area contributed by atoms with Crippen LogP contribution < -0.4 is 0 Å². The van der Waals surface area contributed by atoms with Gasteiger partial charge >= 0.3 is 0 Å². The number of benzene rings is 2. The van der Waals surface area contributed by atoms with Crippen molar-refractivity contribution in [2.24, 2.45) is 0 Å². The molecule has 0 saturated carbocycles. The third-order valence-electron chi connectivity index (χ3n) is 4.60. The van der Waals surface area contributed by atoms with Gasteiger partial charge in [0.25, 0.3) is 0 Å². The Morgan fingerprint density at radius 1 is 1.05 bits per heavy atom. The minimum Gasteiger partial charge on any atom is -0.388 e. The summed E-state index contributed by atoms with van der Waals surface area (Å²) in [7, 11) is 0. The molecule has 0 saturated heterocycles. The summed E-state index contributed by atoms with van der Waals surface area (Å²) in [5.41, 5.74) is 7.74. The summed E-state index contributed by atoms with van der Waals surface area (Å²) in [4.78, 5) is 0. The smallest absolute Gasteiger partial charge is 0.0833 e. The third-order valence-corrected chi connectivity index (χ3v) is 4.60. The fraction of sp³-hybridized carbons (Fsp3) is 0.368. The van der Waals surface area contributed by atoms with Gasteiger partial charge in [0.2, 0.25) is 0 Å². The summed E-state index contributed by atoms with van der Waals surface area (Å²) >= 11 is 0. The number of rotatable bonds is 3. The van der Waals surface area contributed by atoms with E-state index in [4.69, 9.17) is 0 Å². The molecule has 0 radical (unpaired) electrons. The molecular formula is C19H22O. The van der Waals surface area contributed by atoms with E-state index in [1.165, 1.54) is 47.1 Å². The Kier molecular flexibility index (Phi) is 3.62. The summed E-state index contributed by atoms with van der Waals surface area (Å²) in [5.74, 6) is 0. The quantitative estimate of drug-likeness (QED) is 0.888. The van der Waals surface area contributed by atoms with Crippen LogP contribution in [-0.2, 0) is 19.3 Å². The molecule has 1 N–H and O–H groups in total. The van der Waals surface area contributed by atoms with Gasteiger partial charge in [-0.05, 0) is 66.5 Å². The Bertz CT molecular complexity index is 628. The zero-order valence-electron chi connectivity index (χ0n) is 12.3. The van der Waals surface area contributed by atoms with E-state index >= 15 is 0 Å². The Morgan fingerprint density at radius 2 is 1.85 bits per heavy atom. The summed E-state index contributed by atoms with van der Waals surface area (Å²) in [6.07, 6.45) is 3.99. The first-order chi connectivity index (χ1) is 9.65. The molecule has 1 nitrogen and oxygen atoms in total. The highest BCUT2D eigenvalue weighted by Gasteiger charge is 2.15. The molecular weight excluding hydrogens is 244 g/mol. The Morgan fingerprint density at radius 3 is 2.70 bits per heavy atom. The second kappa shape index (κ2) is 5.41. The lowest BCUT2D eigenvalue weighted by Crippen LogP contribution is -2.05. The molecule has 0 fully saturated rings. The molecule has 0 amide bonds. The van der Waals surface area contributed by atoms with Crippen LogP contribution in [-0.4, -0.2) is 5.11 Å². The van der Waals surface area contributed by atoms with Crippen molar-refractivity contribution in [1.82, 2.24) is 0 Å². The van der Waals surface area contributed by atoms with E-state index < -0.39 is 6.10 Å². The van der Waals surface area contributed by atoms with E-state index in [1.807, 2.05) is 12.1 Å². The van der Waals surface area contributed by atoms with Crippen LogP contribution in [0.1, 0.15) is 45.9 Å². The number of aliphatic hydroxyl groups is 1. The molecule has 1 heteroatoms. The van der Waals surface area contributed by atoms with Gasteiger partial charge in [0.15, 0.2) is 0 Å². The molecule has 0 heterocycles. The van der Waals surface area contributed by atoms with Crippen molar-refractivity contribution >= 4 is 0 Å². The molecule has 104 valence electrons. The highest BCUT2D eigenvalue weighted by Crippen LogP contribution is 2.27. The van der Waals surface area contributed by atoms with Crippen LogP contribution in [0.2, 0.25) is 0 Å². The Hall–Kier alpha value is -1.60. The number of aryl methyl sites for hydroxylation is 3. The van der Waals surface area contributed by atoms with Gasteiger partial charge in [-0.3, -0.25) is 0 Å². The van der Waals surface area contributed by atoms with Crippen LogP contribution in [0, 0.1) is 13.8 Å². The SMILES string of the molecule is Cc1cccc(C(O)Cc2ccc3c(c2)CCC3)c1C. The number of aliphatic hydroxyl groups excluding tert-OH is 1. The van der Waals surface area contributed by atoms with E-state index in [2.05, 4.69) is 38.1 Å². The fourth-order valence-electron chi connectivity index (χ4n) is 3.22. The molecule has 0 aliphatic heterocycles. The van der Waals surface area contributed by atoms with Gasteiger partial charge in [-0.2, -0.15) is 0 Å². The van der Waals surface area contributed by atoms with Gasteiger partial charge in [-0.15, -0.1) is 0 Å². The lowest BCUT2D eigenvalue weighted by Gasteiger charge is -2.16. The van der Waals surface area contributed by atoms with Crippen molar-refractivity contribution in [3.05, 3.63) is 69.8 Å². The van der Waals surface area contributed by atoms with Crippen LogP contribution >= 0.6 is 0 Å². The lowest BCUT2D eigenvalue weighted by atomic mass is 9.94. The average Bonchev–Trinajstić information content (AvgIpc) is 2.89. The summed E-state index contributed by atoms with van der Waals surface area (Å²) in [6.45, 7) is 4.19. The topological polar surface area (TPSA) is 20.2 Å². The zero-order valence-corrected chi connectivity index (χ0v) is 12.3. The molecule has 0 aromatic heterocycles. The monoisotopic (exact) mass is 266 g/mol. The molecule has 2 aromatic rings. The van der Waals surface area contributed by atoms with Crippen molar-refractivity contribution in [3.8, 4) is 0 Å². The van der Waals surface area contributed by atoms with Crippen molar-refractivity contribution < 1.29 is 5.11 Å². The molecule has 0 spiro atoms. The predicted octanol–water partition coefficient (Wildman–Crippen LogP) is 4.07. The fourth-order valence-corrected chi connectivity index (χ4v) is 3.22. The van der Waals surface area contributed by atoms with Crippen LogP contribution in [0.5, 0.6) is 0 Å². The van der Waals surface area contributed by atoms with Crippen LogP contribution in [0.25, 0.3) is 0 Å². The third kappa shape index (κ3) is 2.51. The van der Waals surface area contributed by atoms with Crippen molar-refractivity contribution in [1.29, 1.82) is 0 Å². The summed E-state index contributed by atoms with van der Waals surface area (Å²) in [5, 5.41) is 10.5. The van der Waals surface area contributed by atoms with Gasteiger partial charge in [0, 0.05) is 6.42 Å². The molecule has 1 unspecified atom stereocenters. The second-order valence-electron chi connectivity index (χ2n) is 5.97. The summed E-state index contributed by atoms with van der Waals surface area (Å²) in [6, 6.07) is 12.9. The minimum atomic E-state index is -0.408. The molecule has 1 atom stereocenters. The Balaban J connectivity index is 1.82. The van der Waals surface area contributed by atoms with E-state index in [1.54, 1.807) is 0 Å². The maximum atomic E-state index is 10.5. The normalized spacial score (nSPS) is 15.2. The number of hydrogen-bond acceptors (Lipinski definition) is 1. The molecule has 1 aliphatic carbocycles. The van der Waals surface area contributed by atoms with E-state index in [9.17, 15) is 5.11 Å². The molecule has 0 bridgehead atoms. The summed E-state index contributed by atoms with van der Waals surface area (Å²) < 4.78 is 0. The molecule has 1 aliphatic rings. The van der Waals surface area contributed by atoms with Crippen molar-refractivity contribution in [2.45, 2.75) is 45.6 Å². The van der Waals surface area contributed by atoms with Gasteiger partial charge in [-0.25, -0.2) is 0 Å². The van der Waals surface area contributed by atoms with E-state index in [0.717, 1.165) is 5.56 Å². The van der Waals surface area contributed by atoms with Gasteiger partial charge in [0.05, 0.1) is 6.10 Å². The second-order valence-corrected chi connectivity index (χ2v) is 5.97. The van der Waals surface area contributed by atoms with E-state index in [-0.39, 0.29) is 0 Å². The van der Waals surface area contributed by atoms with Crippen molar-refractivity contribution in [2.75, 3.05) is 0 Å². The standard InChI is InChI=1S/C19H22O/c1-13-5-3-8-18(14(13)2)19(20)12-15-9-10-16-6-4-7-17(16)11-15/h3,5,8-11,19-20H,4,6-7,12H2,1-2H3. The van der Waals surface area contributed by atoms with Crippen molar-refractivity contribution in [3.63, 3.8) is 0 Å². The highest BCUT2D eigenvalue weighted by molar-refractivity contribution is 5.38. The zero-order chi connectivity index (χ0) is 14.1. The molecule has 2 aromatic carbocycles. The average molecular weight is 266 g/mol. The largest absolute Gasteiger partial charge is 0.388 e. The van der Waals surface area contributed by atoms with Crippen LogP contribution in [0.3, 0.4) is 0 Å². The van der Waals surface area contributed by atoms with Gasteiger partial charge < -0.3 is 5.11 Å². The van der Waals surface area contributed by atoms with Gasteiger partial charge in [-0.1, -0.05) is 36.4 Å². The first kappa shape index (κ1) is 13.4. The van der Waals surface area contributed by atoms with Gasteiger partial charge in [0.1, 0.15) is 0 Å². The first-order valence-corrected chi connectivity index (χ1v) is 7.50. The first-order valence-electron chi connectivity index (χ1n) is 7.50. The van der Waals surface area contributed by atoms with E-state index in [0.29, 0.717) is 6.42 Å². The number of hydrogen-bond donors (Lipinski definition) is 1. The van der Waals surface area contributed by atoms with Crippen LogP contribution in [0.4, 0.5) is 0 Å². The molecule has 20 heavy (non-hydrogen) atoms. The number of fused-ring (bicyclic) bond motifs is 1. The maximum absolute atomic E-state index is 10.5. The maximum Gasteiger partial charge on any atom is 0.0833 e. The lowest BCUT2D eigenvalue weighted by molar-refractivity contribution is 0.177. The molecule has 3 rings (SSSR count). The predicted molar refractivity (Wildman–Crippen MR) is 83.0 cm³/mol. The Labute approximate surface area is 121 Å². The van der Waals surface area contributed by atoms with Crippen LogP contribution in [0.15, 0.2) is 36.4 Å². The highest BCUT2D eigenvalue weighted by atomic mass is 16.3.